The van der Waals surface area contributed by atoms with Crippen molar-refractivity contribution >= 4 is 88.4 Å². The highest BCUT2D eigenvalue weighted by atomic mass is 32.2. The van der Waals surface area contributed by atoms with Crippen LogP contribution in [-0.2, 0) is 58.4 Å². The maximum Gasteiger partial charge on any atom is 0.240 e. The Labute approximate surface area is 638 Å². The van der Waals surface area contributed by atoms with Gasteiger partial charge in [-0.1, -0.05) is 93.5 Å². The van der Waals surface area contributed by atoms with Crippen LogP contribution in [-0.4, -0.2) is 144 Å². The molecule has 6 heterocycles. The predicted octanol–water partition coefficient (Wildman–Crippen LogP) is 13.2. The normalized spacial score (nSPS) is 30.7. The molecule has 8 aliphatic rings. The number of benzene rings is 2. The first-order chi connectivity index (χ1) is 50.7. The fourth-order valence-electron chi connectivity index (χ4n) is 17.0. The number of nitrogens with zero attached hydrogens (tertiary/aromatic N) is 4. The van der Waals surface area contributed by atoms with E-state index in [1.54, 1.807) is 50.3 Å². The van der Waals surface area contributed by atoms with E-state index in [4.69, 9.17) is 18.9 Å². The minimum absolute atomic E-state index is 0.00785. The number of pyridine rings is 2. The number of ether oxygens (including phenoxy) is 4. The maximum absolute atomic E-state index is 14.9. The second kappa shape index (κ2) is 31.6. The molecule has 4 aromatic rings. The lowest BCUT2D eigenvalue weighted by Gasteiger charge is -2.32. The number of ketones is 4. The topological polar surface area (TPSA) is 298 Å². The van der Waals surface area contributed by atoms with Crippen LogP contribution in [0.15, 0.2) is 85.2 Å². The molecule has 2 aromatic heterocycles. The van der Waals surface area contributed by atoms with Crippen molar-refractivity contribution in [1.29, 1.82) is 0 Å². The summed E-state index contributed by atoms with van der Waals surface area (Å²) in [5.41, 5.74) is -2.97. The van der Waals surface area contributed by atoms with Crippen LogP contribution in [0.3, 0.4) is 0 Å². The predicted molar refractivity (Wildman–Crippen MR) is 412 cm³/mol. The van der Waals surface area contributed by atoms with Gasteiger partial charge in [-0.3, -0.25) is 47.8 Å². The molecule has 0 bridgehead atoms. The van der Waals surface area contributed by atoms with Gasteiger partial charge >= 0.3 is 0 Å². The van der Waals surface area contributed by atoms with Gasteiger partial charge in [-0.05, 0) is 197 Å². The van der Waals surface area contributed by atoms with Gasteiger partial charge in [-0.15, -0.1) is 0 Å². The Balaban J connectivity index is 0.000000215. The minimum Gasteiger partial charge on any atom is -0.497 e. The summed E-state index contributed by atoms with van der Waals surface area (Å²) in [6.07, 6.45) is 18.0. The standard InChI is InChI=1S/2C42H57N3O8S/c2*1-26-10-8-9-11-29-22-42(29,39(49)44-54(50,51)41(6)15-16-41)24-36(47)35-21-32(53-37-33-13-12-31(52-7)19-28(33)14-17-43-37)25-45(35)38(48)34(27(2)18-26)20-30(46)23-40(3,4)5/h2*9,11-14,17,19,26-27,29,32,34-35H,8,10,15-16,18,20-25H2,1-7H3,(H,44,49)/b2*11-9-/t26-,27+,29+,32+,34-,35?,42+;26-,27-,29-,32-,34+,35?,42-/m01/s1. The second-order valence-corrected chi connectivity index (χ2v) is 40.6. The number of rotatable bonds is 18. The summed E-state index contributed by atoms with van der Waals surface area (Å²) in [5, 5.41) is 3.22. The number of Topliss-reactive ketones (excluding diaryl/α,β-unsaturated/α-hetero) is 4. The van der Waals surface area contributed by atoms with E-state index in [-0.39, 0.29) is 133 Å². The largest absolute Gasteiger partial charge is 0.497 e. The summed E-state index contributed by atoms with van der Waals surface area (Å²) < 4.78 is 79.4. The molecule has 4 amide bonds. The molecule has 4 aliphatic heterocycles. The average molecular weight is 1530 g/mol. The third kappa shape index (κ3) is 18.5. The molecule has 14 atom stereocenters. The molecule has 108 heavy (non-hydrogen) atoms. The number of fused-ring (bicyclic) bond motifs is 6. The fraction of sp³-hybridized carbons (Fsp3) is 0.643. The van der Waals surface area contributed by atoms with Gasteiger partial charge < -0.3 is 28.7 Å². The molecule has 2 N–H and O–H groups in total. The number of carbonyl (C=O) groups excluding carboxylic acids is 8. The highest BCUT2D eigenvalue weighted by molar-refractivity contribution is 7.92. The molecule has 588 valence electrons. The van der Waals surface area contributed by atoms with Crippen molar-refractivity contribution in [3.63, 3.8) is 0 Å². The molecule has 12 rings (SSSR count). The van der Waals surface area contributed by atoms with Crippen molar-refractivity contribution in [3.05, 3.63) is 85.2 Å². The van der Waals surface area contributed by atoms with Gasteiger partial charge in [-0.25, -0.2) is 26.8 Å². The van der Waals surface area contributed by atoms with Crippen molar-refractivity contribution in [1.82, 2.24) is 29.2 Å². The first kappa shape index (κ1) is 81.4. The van der Waals surface area contributed by atoms with E-state index in [2.05, 4.69) is 33.3 Å². The molecule has 4 saturated carbocycles. The summed E-state index contributed by atoms with van der Waals surface area (Å²) in [6.45, 7) is 23.8. The lowest BCUT2D eigenvalue weighted by atomic mass is 9.79. The highest BCUT2D eigenvalue weighted by Crippen LogP contribution is 2.59. The van der Waals surface area contributed by atoms with E-state index in [1.165, 1.54) is 0 Å². The van der Waals surface area contributed by atoms with E-state index in [0.29, 0.717) is 74.6 Å². The molecule has 0 spiro atoms. The Morgan fingerprint density at radius 3 is 1.26 bits per heavy atom. The lowest BCUT2D eigenvalue weighted by Crippen LogP contribution is -2.48. The van der Waals surface area contributed by atoms with Gasteiger partial charge in [0.1, 0.15) is 35.3 Å². The van der Waals surface area contributed by atoms with E-state index < -0.39 is 88.3 Å². The third-order valence-corrected chi connectivity index (χ3v) is 28.7. The smallest absolute Gasteiger partial charge is 0.240 e. The number of nitrogens with one attached hydrogen (secondary N) is 2. The molecular formula is C84H114N6O16S2. The first-order valence-corrected chi connectivity index (χ1v) is 42.0. The third-order valence-electron chi connectivity index (χ3n) is 24.4. The number of amides is 4. The number of carbonyl (C=O) groups is 8. The zero-order valence-electron chi connectivity index (χ0n) is 65.7. The van der Waals surface area contributed by atoms with Gasteiger partial charge in [0.05, 0.1) is 59.7 Å². The van der Waals surface area contributed by atoms with Crippen LogP contribution in [0.1, 0.15) is 212 Å². The first-order valence-electron chi connectivity index (χ1n) is 39.0. The van der Waals surface area contributed by atoms with Crippen LogP contribution in [0.4, 0.5) is 0 Å². The summed E-state index contributed by atoms with van der Waals surface area (Å²) in [4.78, 5) is 126. The number of aromatic nitrogens is 2. The van der Waals surface area contributed by atoms with Gasteiger partial charge in [0, 0.05) is 86.4 Å². The van der Waals surface area contributed by atoms with Crippen LogP contribution in [0.5, 0.6) is 23.3 Å². The molecule has 2 unspecified atom stereocenters. The van der Waals surface area contributed by atoms with Crippen molar-refractivity contribution in [2.45, 2.75) is 245 Å². The van der Waals surface area contributed by atoms with E-state index in [0.717, 1.165) is 60.1 Å². The Morgan fingerprint density at radius 1 is 0.546 bits per heavy atom. The summed E-state index contributed by atoms with van der Waals surface area (Å²) in [7, 11) is -4.68. The Morgan fingerprint density at radius 2 is 0.917 bits per heavy atom. The maximum atomic E-state index is 14.9. The second-order valence-electron chi connectivity index (χ2n) is 36.2. The molecule has 2 saturated heterocycles. The van der Waals surface area contributed by atoms with E-state index in [1.807, 2.05) is 128 Å². The van der Waals surface area contributed by atoms with Gasteiger partial charge in [0.2, 0.25) is 55.4 Å². The average Bonchev–Trinajstić information content (AvgIpc) is 1.57. The van der Waals surface area contributed by atoms with Crippen LogP contribution < -0.4 is 28.4 Å². The lowest BCUT2D eigenvalue weighted by molar-refractivity contribution is -0.145. The number of hydrogen-bond acceptors (Lipinski definition) is 18. The molecule has 4 aliphatic carbocycles. The van der Waals surface area contributed by atoms with Crippen LogP contribution in [0, 0.1) is 69.0 Å². The van der Waals surface area contributed by atoms with Crippen LogP contribution in [0.2, 0.25) is 0 Å². The van der Waals surface area contributed by atoms with Crippen molar-refractivity contribution in [3.8, 4) is 23.3 Å². The quantitative estimate of drug-likeness (QED) is 0.0875. The van der Waals surface area contributed by atoms with E-state index in [9.17, 15) is 55.2 Å². The monoisotopic (exact) mass is 1530 g/mol. The molecule has 0 radical (unpaired) electrons. The number of sulfonamides is 2. The van der Waals surface area contributed by atoms with Crippen molar-refractivity contribution in [2.24, 2.45) is 69.0 Å². The Hall–Kier alpha value is -7.60. The summed E-state index contributed by atoms with van der Waals surface area (Å²) in [6, 6.07) is 13.0. The number of hydrogen-bond donors (Lipinski definition) is 2. The molecule has 24 heteroatoms. The zero-order valence-corrected chi connectivity index (χ0v) is 67.3. The van der Waals surface area contributed by atoms with E-state index >= 15 is 0 Å². The highest BCUT2D eigenvalue weighted by Gasteiger charge is 2.65. The Kier molecular flexibility index (Phi) is 23.8. The zero-order chi connectivity index (χ0) is 78.4. The summed E-state index contributed by atoms with van der Waals surface area (Å²) >= 11 is 0. The molecule has 2 aromatic carbocycles. The van der Waals surface area contributed by atoms with Gasteiger partial charge in [-0.2, -0.15) is 0 Å². The van der Waals surface area contributed by atoms with Crippen LogP contribution >= 0.6 is 0 Å². The van der Waals surface area contributed by atoms with Crippen LogP contribution in [0.25, 0.3) is 21.5 Å². The van der Waals surface area contributed by atoms with Crippen molar-refractivity contribution in [2.75, 3.05) is 27.3 Å². The van der Waals surface area contributed by atoms with Gasteiger partial charge in [0.15, 0.2) is 11.6 Å². The number of allylic oxidation sites excluding steroid dienone is 4. The minimum atomic E-state index is -3.93. The van der Waals surface area contributed by atoms with Crippen molar-refractivity contribution < 1.29 is 74.1 Å². The van der Waals surface area contributed by atoms with Gasteiger partial charge in [0.25, 0.3) is 0 Å². The molecular weight excluding hydrogens is 1410 g/mol. The fourth-order valence-corrected chi connectivity index (χ4v) is 19.7. The molecule has 6 fully saturated rings. The SMILES string of the molecule is COc1ccc2c(O[C@@H]3CC4C(=O)C[C@]5(C(=O)NS(=O)(=O)C6(C)CC6)C[C@H]5/C=C\CC[C@@H](C)C[C@@H](C)[C@H](CC(=O)CC(C)(C)C)C(=O)N4C3)nccc2c1.COc1ccc2c(O[C@@H]3CC4C(=O)C[C@]5(C(=O)NS(=O)(=O)C6(C)CC6)C[C@H]5/C=C\CC[C@H](C)C[C@@H](C)[C@H](CC(=O)CC(C)(C)C)C(=O)N4C3)nccc2c1. The summed E-state index contributed by atoms with van der Waals surface area (Å²) in [5.74, 6) is -2.02. The molecule has 22 nitrogen and oxygen atoms in total. The Bertz CT molecular complexity index is 4140. The number of methoxy groups -OCH3 is 2.